The maximum Gasteiger partial charge on any atom is 0.338 e. The van der Waals surface area contributed by atoms with Crippen molar-refractivity contribution in [2.24, 2.45) is 10.9 Å². The zero-order chi connectivity index (χ0) is 29.3. The quantitative estimate of drug-likeness (QED) is 0.258. The maximum atomic E-state index is 13.9. The Bertz CT molecular complexity index is 1850. The van der Waals surface area contributed by atoms with Crippen molar-refractivity contribution in [3.05, 3.63) is 113 Å². The molecule has 0 radical (unpaired) electrons. The molecule has 2 aromatic heterocycles. The summed E-state index contributed by atoms with van der Waals surface area (Å²) >= 11 is 4.69. The number of thiazole rings is 1. The van der Waals surface area contributed by atoms with Crippen LogP contribution >= 0.6 is 27.3 Å². The molecule has 41 heavy (non-hydrogen) atoms. The number of furan rings is 1. The number of methoxy groups -OCH3 is 1. The highest BCUT2D eigenvalue weighted by atomic mass is 79.9. The fourth-order valence-electron chi connectivity index (χ4n) is 4.49. The first-order valence-electron chi connectivity index (χ1n) is 12.9. The van der Waals surface area contributed by atoms with Crippen LogP contribution in [0.1, 0.15) is 48.5 Å². The number of allylic oxidation sites excluding steroid dienone is 1. The highest BCUT2D eigenvalue weighted by Gasteiger charge is 2.33. The number of fused-ring (bicyclic) bond motifs is 1. The molecule has 0 N–H and O–H groups in total. The molecule has 1 unspecified atom stereocenters. The van der Waals surface area contributed by atoms with Crippen LogP contribution in [0.2, 0.25) is 0 Å². The van der Waals surface area contributed by atoms with Gasteiger partial charge < -0.3 is 13.9 Å². The summed E-state index contributed by atoms with van der Waals surface area (Å²) in [7, 11) is 1.31. The number of esters is 2. The number of ether oxygens (including phenoxy) is 2. The van der Waals surface area contributed by atoms with Gasteiger partial charge in [-0.15, -0.1) is 0 Å². The molecule has 210 valence electrons. The van der Waals surface area contributed by atoms with Gasteiger partial charge in [-0.1, -0.05) is 65.4 Å². The van der Waals surface area contributed by atoms with E-state index in [-0.39, 0.29) is 23.7 Å². The van der Waals surface area contributed by atoms with E-state index in [0.717, 1.165) is 10.0 Å². The van der Waals surface area contributed by atoms with Gasteiger partial charge in [0, 0.05) is 16.1 Å². The van der Waals surface area contributed by atoms with Crippen molar-refractivity contribution in [1.82, 2.24) is 4.57 Å². The Kier molecular flexibility index (Phi) is 8.23. The van der Waals surface area contributed by atoms with Crippen molar-refractivity contribution in [3.8, 4) is 11.3 Å². The zero-order valence-corrected chi connectivity index (χ0v) is 25.2. The Morgan fingerprint density at radius 2 is 1.88 bits per heavy atom. The lowest BCUT2D eigenvalue weighted by molar-refractivity contribution is -0.140. The van der Waals surface area contributed by atoms with E-state index in [4.69, 9.17) is 13.9 Å². The first-order chi connectivity index (χ1) is 19.7. The van der Waals surface area contributed by atoms with Crippen LogP contribution in [0.3, 0.4) is 0 Å². The van der Waals surface area contributed by atoms with Gasteiger partial charge in [-0.25, -0.2) is 14.6 Å². The van der Waals surface area contributed by atoms with Crippen LogP contribution in [0.5, 0.6) is 0 Å². The lowest BCUT2D eigenvalue weighted by atomic mass is 9.95. The van der Waals surface area contributed by atoms with Crippen molar-refractivity contribution >= 4 is 45.3 Å². The van der Waals surface area contributed by atoms with E-state index < -0.39 is 18.0 Å². The average Bonchev–Trinajstić information content (AvgIpc) is 3.55. The van der Waals surface area contributed by atoms with Crippen molar-refractivity contribution in [2.45, 2.75) is 26.8 Å². The number of halogens is 1. The second kappa shape index (κ2) is 11.8. The number of hydrogen-bond acceptors (Lipinski definition) is 8. The molecular formula is C31H27BrN2O6S. The fourth-order valence-corrected chi connectivity index (χ4v) is 5.92. The summed E-state index contributed by atoms with van der Waals surface area (Å²) in [5, 5.41) is 0. The van der Waals surface area contributed by atoms with Gasteiger partial charge in [0.1, 0.15) is 11.5 Å². The van der Waals surface area contributed by atoms with Crippen molar-refractivity contribution in [2.75, 3.05) is 13.7 Å². The number of rotatable bonds is 7. The molecule has 1 atom stereocenters. The summed E-state index contributed by atoms with van der Waals surface area (Å²) in [5.74, 6) is 0.288. The van der Waals surface area contributed by atoms with Crippen LogP contribution in [-0.2, 0) is 14.3 Å². The molecule has 1 aliphatic heterocycles. The molecule has 0 saturated carbocycles. The van der Waals surface area contributed by atoms with E-state index in [9.17, 15) is 14.4 Å². The Hall–Kier alpha value is -4.02. The van der Waals surface area contributed by atoms with Crippen molar-refractivity contribution in [1.29, 1.82) is 0 Å². The minimum absolute atomic E-state index is 0.133. The van der Waals surface area contributed by atoms with Crippen LogP contribution in [-0.4, -0.2) is 30.2 Å². The molecule has 4 aromatic rings. The summed E-state index contributed by atoms with van der Waals surface area (Å²) in [4.78, 5) is 44.3. The molecule has 0 fully saturated rings. The molecule has 0 aliphatic carbocycles. The third-order valence-corrected chi connectivity index (χ3v) is 7.92. The third kappa shape index (κ3) is 5.89. The van der Waals surface area contributed by atoms with Gasteiger partial charge in [0.2, 0.25) is 0 Å². The van der Waals surface area contributed by atoms with E-state index in [1.807, 2.05) is 44.2 Å². The van der Waals surface area contributed by atoms with Crippen LogP contribution in [0.25, 0.3) is 17.4 Å². The van der Waals surface area contributed by atoms with Gasteiger partial charge in [0.25, 0.3) is 5.56 Å². The van der Waals surface area contributed by atoms with E-state index >= 15 is 0 Å². The number of aromatic nitrogens is 1. The first kappa shape index (κ1) is 28.5. The van der Waals surface area contributed by atoms with E-state index in [2.05, 4.69) is 20.9 Å². The summed E-state index contributed by atoms with van der Waals surface area (Å²) in [6, 6.07) is 17.2. The standard InChI is InChI=1S/C31H27BrN2O6S/c1-17(2)16-39-30(37)26-18(3)33-31-34(27(26)19-8-10-20(11-9-19)29(36)38-4)28(35)25(41-31)15-23-12-13-24(40-23)21-6-5-7-22(32)14-21/h5-15,17,27H,16H2,1-4H3. The molecule has 8 nitrogen and oxygen atoms in total. The highest BCUT2D eigenvalue weighted by molar-refractivity contribution is 9.10. The highest BCUT2D eigenvalue weighted by Crippen LogP contribution is 2.31. The Morgan fingerprint density at radius 1 is 1.12 bits per heavy atom. The topological polar surface area (TPSA) is 100 Å². The summed E-state index contributed by atoms with van der Waals surface area (Å²) in [6.45, 7) is 5.86. The summed E-state index contributed by atoms with van der Waals surface area (Å²) in [6.07, 6.45) is 1.68. The van der Waals surface area contributed by atoms with E-state index in [1.165, 1.54) is 23.0 Å². The largest absolute Gasteiger partial charge is 0.465 e. The van der Waals surface area contributed by atoms with Crippen LogP contribution in [0, 0.1) is 5.92 Å². The third-order valence-electron chi connectivity index (χ3n) is 6.45. The minimum atomic E-state index is -0.798. The summed E-state index contributed by atoms with van der Waals surface area (Å²) in [5.41, 5.74) is 2.29. The van der Waals surface area contributed by atoms with Crippen LogP contribution in [0.4, 0.5) is 0 Å². The predicted molar refractivity (Wildman–Crippen MR) is 159 cm³/mol. The number of nitrogens with zero attached hydrogens (tertiary/aromatic N) is 2. The maximum absolute atomic E-state index is 13.9. The molecule has 2 aromatic carbocycles. The lowest BCUT2D eigenvalue weighted by Gasteiger charge is -2.25. The minimum Gasteiger partial charge on any atom is -0.465 e. The lowest BCUT2D eigenvalue weighted by Crippen LogP contribution is -2.40. The molecule has 5 rings (SSSR count). The fraction of sp³-hybridized carbons (Fsp3) is 0.226. The second-order valence-corrected chi connectivity index (χ2v) is 11.8. The molecule has 0 spiro atoms. The Morgan fingerprint density at radius 3 is 2.56 bits per heavy atom. The number of hydrogen-bond donors (Lipinski definition) is 0. The van der Waals surface area contributed by atoms with E-state index in [1.54, 1.807) is 43.3 Å². The molecule has 10 heteroatoms. The zero-order valence-electron chi connectivity index (χ0n) is 22.8. The number of carbonyl (C=O) groups is 2. The normalized spacial score (nSPS) is 15.1. The van der Waals surface area contributed by atoms with Gasteiger partial charge >= 0.3 is 11.9 Å². The first-order valence-corrected chi connectivity index (χ1v) is 14.5. The molecule has 1 aliphatic rings. The molecule has 0 bridgehead atoms. The smallest absolute Gasteiger partial charge is 0.338 e. The Labute approximate surface area is 248 Å². The van der Waals surface area contributed by atoms with E-state index in [0.29, 0.717) is 37.7 Å². The van der Waals surface area contributed by atoms with Crippen molar-refractivity contribution in [3.63, 3.8) is 0 Å². The van der Waals surface area contributed by atoms with Gasteiger partial charge in [0.15, 0.2) is 4.80 Å². The molecular weight excluding hydrogens is 608 g/mol. The Balaban J connectivity index is 1.61. The van der Waals surface area contributed by atoms with Crippen LogP contribution < -0.4 is 14.9 Å². The monoisotopic (exact) mass is 634 g/mol. The molecule has 0 saturated heterocycles. The average molecular weight is 636 g/mol. The second-order valence-electron chi connectivity index (χ2n) is 9.90. The number of carbonyl (C=O) groups excluding carboxylic acids is 2. The summed E-state index contributed by atoms with van der Waals surface area (Å²) < 4.78 is 19.3. The van der Waals surface area contributed by atoms with Crippen LogP contribution in [0.15, 0.2) is 90.6 Å². The molecule has 0 amide bonds. The number of benzene rings is 2. The van der Waals surface area contributed by atoms with Gasteiger partial charge in [-0.05, 0) is 54.8 Å². The van der Waals surface area contributed by atoms with Gasteiger partial charge in [-0.2, -0.15) is 0 Å². The van der Waals surface area contributed by atoms with Gasteiger partial charge in [-0.3, -0.25) is 9.36 Å². The molecule has 3 heterocycles. The van der Waals surface area contributed by atoms with Crippen molar-refractivity contribution < 1.29 is 23.5 Å². The SMILES string of the molecule is COC(=O)c1ccc(C2C(C(=O)OCC(C)C)=C(C)N=c3sc(=Cc4ccc(-c5cccc(Br)c5)o4)c(=O)n32)cc1. The predicted octanol–water partition coefficient (Wildman–Crippen LogP) is 5.24. The van der Waals surface area contributed by atoms with Gasteiger partial charge in [0.05, 0.1) is 41.1 Å².